The Morgan fingerprint density at radius 1 is 1.47 bits per heavy atom. The molecule has 1 aliphatic heterocycles. The summed E-state index contributed by atoms with van der Waals surface area (Å²) < 4.78 is 29.9. The largest absolute Gasteiger partial charge is 0.369 e. The second-order valence-electron chi connectivity index (χ2n) is 8.08. The number of carbonyl (C=O) groups excluding carboxylic acids is 1. The molecule has 2 aliphatic rings. The predicted octanol–water partition coefficient (Wildman–Crippen LogP) is 2.97. The minimum atomic E-state index is -2.81. The molecule has 32 heavy (non-hydrogen) atoms. The highest BCUT2D eigenvalue weighted by Gasteiger charge is 2.54. The molecule has 2 heterocycles. The Balaban J connectivity index is 1.74. The summed E-state index contributed by atoms with van der Waals surface area (Å²) in [5.41, 5.74) is 6.59. The smallest absolute Gasteiger partial charge is 0.274 e. The number of aliphatic imine (C=N–C) groups is 1. The lowest BCUT2D eigenvalue weighted by Gasteiger charge is -2.42. The van der Waals surface area contributed by atoms with Crippen molar-refractivity contribution in [3.05, 3.63) is 64.5 Å². The van der Waals surface area contributed by atoms with Crippen LogP contribution in [0.1, 0.15) is 40.9 Å². The molecule has 0 radical (unpaired) electrons. The Hall–Kier alpha value is -3.45. The zero-order valence-corrected chi connectivity index (χ0v) is 18.6. The van der Waals surface area contributed by atoms with Gasteiger partial charge in [0, 0.05) is 24.5 Å². The van der Waals surface area contributed by atoms with E-state index in [2.05, 4.69) is 26.0 Å². The first-order valence-corrected chi connectivity index (χ1v) is 11.8. The Morgan fingerprint density at radius 2 is 2.22 bits per heavy atom. The molecule has 166 valence electrons. The fourth-order valence-electron chi connectivity index (χ4n) is 4.55. The molecule has 1 amide bonds. The fraction of sp³-hybridized carbons (Fsp3) is 0.318. The minimum Gasteiger partial charge on any atom is -0.369 e. The van der Waals surface area contributed by atoms with E-state index in [4.69, 9.17) is 12.3 Å². The number of carbonyl (C=O) groups is 1. The van der Waals surface area contributed by atoms with Gasteiger partial charge in [0.25, 0.3) is 5.91 Å². The summed E-state index contributed by atoms with van der Waals surface area (Å²) in [5, 5.41) is 2.24. The summed E-state index contributed by atoms with van der Waals surface area (Å²) in [5.74, 6) is 2.97. The van der Waals surface area contributed by atoms with Crippen molar-refractivity contribution < 1.29 is 13.4 Å². The first-order valence-electron chi connectivity index (χ1n) is 10.0. The lowest BCUT2D eigenvalue weighted by molar-refractivity contribution is 0.102. The average Bonchev–Trinajstić information content (AvgIpc) is 3.19. The Labute approximate surface area is 186 Å². The van der Waals surface area contributed by atoms with Gasteiger partial charge >= 0.3 is 0 Å². The van der Waals surface area contributed by atoms with Gasteiger partial charge in [-0.3, -0.25) is 14.1 Å². The highest BCUT2D eigenvalue weighted by atomic mass is 32.2. The van der Waals surface area contributed by atoms with Crippen molar-refractivity contribution in [2.45, 2.75) is 37.0 Å². The molecule has 1 aromatic carbocycles. The number of halogens is 1. The molecule has 1 saturated carbocycles. The van der Waals surface area contributed by atoms with Crippen LogP contribution in [0.2, 0.25) is 0 Å². The maximum absolute atomic E-state index is 15.1. The number of anilines is 1. The molecule has 4 rings (SSSR count). The first kappa shape index (κ1) is 21.8. The number of benzene rings is 1. The van der Waals surface area contributed by atoms with Gasteiger partial charge in [0.1, 0.15) is 17.1 Å². The molecule has 1 aliphatic carbocycles. The number of nitrogens with zero attached hydrogens (tertiary/aromatic N) is 4. The molecule has 2 unspecified atom stereocenters. The summed E-state index contributed by atoms with van der Waals surface area (Å²) in [6, 6.07) is 5.80. The molecular formula is C22H23FN6O2S. The SMILES string of the molecule is [C-]#[N+]c1cnc(C(=O)Nc2ccc(F)c([C@]34CCCC3S(=C)(=O)N(C)C(N)=N4)c2)c(C)c1. The Morgan fingerprint density at radius 3 is 2.91 bits per heavy atom. The molecule has 3 N–H and O–H groups in total. The highest BCUT2D eigenvalue weighted by Crippen LogP contribution is 2.49. The molecule has 1 fully saturated rings. The van der Waals surface area contributed by atoms with Crippen LogP contribution in [0.15, 0.2) is 35.5 Å². The number of aryl methyl sites for hydroxylation is 1. The maximum Gasteiger partial charge on any atom is 0.274 e. The van der Waals surface area contributed by atoms with Gasteiger partial charge in [-0.15, -0.1) is 0 Å². The van der Waals surface area contributed by atoms with E-state index in [1.165, 1.54) is 28.7 Å². The third-order valence-electron chi connectivity index (χ3n) is 6.20. The van der Waals surface area contributed by atoms with Crippen molar-refractivity contribution in [1.29, 1.82) is 0 Å². The number of nitrogens with one attached hydrogen (secondary N) is 1. The second kappa shape index (κ2) is 7.60. The van der Waals surface area contributed by atoms with Gasteiger partial charge in [-0.25, -0.2) is 18.4 Å². The Bertz CT molecular complexity index is 1300. The standard InChI is InChI=1S/C22H23FN6O2S/c1-13-10-15(25-2)12-26-19(13)20(30)27-14-7-8-17(23)16(11-14)22-9-5-6-18(22)32(4,31)29(3)21(24)28-22/h7-8,10-12,18H,4-6,9H2,1,3H3,(H2,24,28)(H,27,30)/t18?,22-,32?/m1/s1. The quantitative estimate of drug-likeness (QED) is 0.549. The van der Waals surface area contributed by atoms with Crippen LogP contribution in [0, 0.1) is 19.3 Å². The normalized spacial score (nSPS) is 26.8. The van der Waals surface area contributed by atoms with E-state index < -0.39 is 32.2 Å². The molecular weight excluding hydrogens is 431 g/mol. The van der Waals surface area contributed by atoms with Crippen LogP contribution in [0.25, 0.3) is 4.85 Å². The van der Waals surface area contributed by atoms with Crippen molar-refractivity contribution in [1.82, 2.24) is 9.29 Å². The Kier molecular flexibility index (Phi) is 5.17. The van der Waals surface area contributed by atoms with Crippen LogP contribution in [-0.4, -0.2) is 43.5 Å². The molecule has 0 spiro atoms. The number of guanidine groups is 1. The van der Waals surface area contributed by atoms with Crippen molar-refractivity contribution >= 4 is 38.8 Å². The predicted molar refractivity (Wildman–Crippen MR) is 124 cm³/mol. The van der Waals surface area contributed by atoms with Crippen molar-refractivity contribution in [3.8, 4) is 0 Å². The number of hydrogen-bond acceptors (Lipinski definition) is 5. The van der Waals surface area contributed by atoms with E-state index in [0.717, 1.165) is 0 Å². The number of pyridine rings is 1. The molecule has 8 nitrogen and oxygen atoms in total. The number of amides is 1. The molecule has 3 atom stereocenters. The lowest BCUT2D eigenvalue weighted by atomic mass is 9.87. The van der Waals surface area contributed by atoms with Crippen LogP contribution in [0.5, 0.6) is 0 Å². The number of hydrogen-bond donors (Lipinski definition) is 2. The summed E-state index contributed by atoms with van der Waals surface area (Å²) in [6.45, 7) is 8.74. The molecule has 0 bridgehead atoms. The highest BCUT2D eigenvalue weighted by molar-refractivity contribution is 7.99. The molecule has 0 saturated heterocycles. The average molecular weight is 455 g/mol. The van der Waals surface area contributed by atoms with E-state index in [9.17, 15) is 9.00 Å². The summed E-state index contributed by atoms with van der Waals surface area (Å²) in [4.78, 5) is 24.8. The zero-order chi connectivity index (χ0) is 23.3. The van der Waals surface area contributed by atoms with E-state index in [-0.39, 0.29) is 17.2 Å². The van der Waals surface area contributed by atoms with E-state index in [1.54, 1.807) is 20.0 Å². The maximum atomic E-state index is 15.1. The topological polar surface area (TPSA) is 105 Å². The van der Waals surface area contributed by atoms with Crippen LogP contribution in [0.3, 0.4) is 0 Å². The van der Waals surface area contributed by atoms with Gasteiger partial charge in [-0.2, -0.15) is 0 Å². The van der Waals surface area contributed by atoms with E-state index >= 15 is 4.39 Å². The van der Waals surface area contributed by atoms with E-state index in [0.29, 0.717) is 36.2 Å². The number of rotatable bonds is 3. The van der Waals surface area contributed by atoms with E-state index in [1.807, 2.05) is 0 Å². The number of fused-ring (bicyclic) bond motifs is 1. The van der Waals surface area contributed by atoms with Crippen molar-refractivity contribution in [2.75, 3.05) is 12.4 Å². The number of nitrogens with two attached hydrogens (primary N) is 1. The summed E-state index contributed by atoms with van der Waals surface area (Å²) in [7, 11) is -1.23. The van der Waals surface area contributed by atoms with Gasteiger partial charge in [-0.1, -0.05) is 0 Å². The minimum absolute atomic E-state index is 0.0525. The monoisotopic (exact) mass is 454 g/mol. The van der Waals surface area contributed by atoms with Crippen molar-refractivity contribution in [3.63, 3.8) is 0 Å². The molecule has 10 heteroatoms. The van der Waals surface area contributed by atoms with Gasteiger partial charge < -0.3 is 11.1 Å². The van der Waals surface area contributed by atoms with Gasteiger partial charge in [0.2, 0.25) is 11.6 Å². The fourth-order valence-corrected chi connectivity index (χ4v) is 6.73. The lowest BCUT2D eigenvalue weighted by Crippen LogP contribution is -2.55. The van der Waals surface area contributed by atoms with Crippen LogP contribution in [0.4, 0.5) is 15.8 Å². The van der Waals surface area contributed by atoms with Crippen LogP contribution < -0.4 is 11.1 Å². The molecule has 1 aromatic heterocycles. The van der Waals surface area contributed by atoms with Crippen LogP contribution >= 0.6 is 0 Å². The van der Waals surface area contributed by atoms with Gasteiger partial charge in [0.15, 0.2) is 0 Å². The zero-order valence-electron chi connectivity index (χ0n) is 17.8. The first-order chi connectivity index (χ1) is 15.1. The van der Waals surface area contributed by atoms with Gasteiger partial charge in [-0.05, 0) is 61.9 Å². The van der Waals surface area contributed by atoms with Crippen LogP contribution in [-0.2, 0) is 15.2 Å². The summed E-state index contributed by atoms with van der Waals surface area (Å²) >= 11 is 0. The number of aromatic nitrogens is 1. The van der Waals surface area contributed by atoms with Crippen molar-refractivity contribution in [2.24, 2.45) is 10.7 Å². The third-order valence-corrected chi connectivity index (χ3v) is 8.83. The molecule has 2 aromatic rings. The van der Waals surface area contributed by atoms with Gasteiger partial charge in [0.05, 0.1) is 21.5 Å². The second-order valence-corrected chi connectivity index (χ2v) is 10.6. The third kappa shape index (κ3) is 3.29. The summed E-state index contributed by atoms with van der Waals surface area (Å²) in [6.07, 6.45) is 3.09.